The van der Waals surface area contributed by atoms with Crippen LogP contribution in [0.15, 0.2) is 18.2 Å². The first kappa shape index (κ1) is 15.9. The summed E-state index contributed by atoms with van der Waals surface area (Å²) in [4.78, 5) is 17.4. The first-order valence-electron chi connectivity index (χ1n) is 6.99. The topological polar surface area (TPSA) is 62.7 Å². The molecule has 0 radical (unpaired) electrons. The van der Waals surface area contributed by atoms with Crippen LogP contribution in [-0.4, -0.2) is 35.0 Å². The fraction of sp³-hybridized carbons (Fsp3) is 0.429. The summed E-state index contributed by atoms with van der Waals surface area (Å²) in [5.74, 6) is -1.22. The zero-order valence-electron chi connectivity index (χ0n) is 11.8. The Kier molecular flexibility index (Phi) is 4.05. The minimum absolute atomic E-state index is 0.311. The molecule has 0 spiro atoms. The summed E-state index contributed by atoms with van der Waals surface area (Å²) in [7, 11) is 0. The summed E-state index contributed by atoms with van der Waals surface area (Å²) in [5, 5.41) is 9.82. The van der Waals surface area contributed by atoms with Crippen LogP contribution in [-0.2, 0) is 4.79 Å². The number of rotatable bonds is 3. The highest BCUT2D eigenvalue weighted by atomic mass is 32.1. The van der Waals surface area contributed by atoms with Crippen molar-refractivity contribution in [2.75, 3.05) is 11.4 Å². The Morgan fingerprint density at radius 1 is 1.39 bits per heavy atom. The lowest BCUT2D eigenvalue weighted by molar-refractivity contribution is -0.274. The summed E-state index contributed by atoms with van der Waals surface area (Å²) in [6.45, 7) is 0.572. The minimum atomic E-state index is -4.75. The molecule has 1 saturated heterocycles. The molecule has 124 valence electrons. The standard InChI is InChI=1S/C14H13F3N2O3S/c15-14(16,17)22-8-4-5-9-11(7-8)23-13(18-9)19-6-2-1-3-10(19)12(20)21/h4-5,7,10H,1-3,6H2,(H,20,21). The number of thiazole rings is 1. The third kappa shape index (κ3) is 3.49. The van der Waals surface area contributed by atoms with Gasteiger partial charge in [-0.3, -0.25) is 0 Å². The Hall–Kier alpha value is -2.03. The number of hydrogen-bond donors (Lipinski definition) is 1. The van der Waals surface area contributed by atoms with Gasteiger partial charge in [0.25, 0.3) is 0 Å². The molecule has 2 heterocycles. The lowest BCUT2D eigenvalue weighted by Gasteiger charge is -2.32. The average Bonchev–Trinajstić information content (AvgIpc) is 2.88. The van der Waals surface area contributed by atoms with Gasteiger partial charge >= 0.3 is 12.3 Å². The maximum atomic E-state index is 12.3. The summed E-state index contributed by atoms with van der Waals surface area (Å²) in [5.41, 5.74) is 0.522. The molecular formula is C14H13F3N2O3S. The maximum absolute atomic E-state index is 12.3. The summed E-state index contributed by atoms with van der Waals surface area (Å²) in [6, 6.07) is 3.26. The maximum Gasteiger partial charge on any atom is 0.573 e. The lowest BCUT2D eigenvalue weighted by atomic mass is 10.0. The molecule has 0 saturated carbocycles. The van der Waals surface area contributed by atoms with Crippen molar-refractivity contribution in [3.63, 3.8) is 0 Å². The highest BCUT2D eigenvalue weighted by molar-refractivity contribution is 7.22. The van der Waals surface area contributed by atoms with Crippen LogP contribution >= 0.6 is 11.3 Å². The van der Waals surface area contributed by atoms with Crippen molar-refractivity contribution in [3.8, 4) is 5.75 Å². The normalized spacial score (nSPS) is 19.1. The lowest BCUT2D eigenvalue weighted by Crippen LogP contribution is -2.44. The van der Waals surface area contributed by atoms with Gasteiger partial charge in [-0.25, -0.2) is 9.78 Å². The van der Waals surface area contributed by atoms with Crippen molar-refractivity contribution in [1.29, 1.82) is 0 Å². The van der Waals surface area contributed by atoms with E-state index in [-0.39, 0.29) is 5.75 Å². The van der Waals surface area contributed by atoms with Gasteiger partial charge in [-0.1, -0.05) is 11.3 Å². The van der Waals surface area contributed by atoms with E-state index in [1.54, 1.807) is 4.90 Å². The van der Waals surface area contributed by atoms with E-state index in [4.69, 9.17) is 0 Å². The SMILES string of the molecule is O=C(O)C1CCCCN1c1nc2ccc(OC(F)(F)F)cc2s1. The number of ether oxygens (including phenoxy) is 1. The molecular weight excluding hydrogens is 333 g/mol. The van der Waals surface area contributed by atoms with E-state index >= 15 is 0 Å². The van der Waals surface area contributed by atoms with E-state index in [2.05, 4.69) is 9.72 Å². The van der Waals surface area contributed by atoms with Gasteiger partial charge in [-0.05, 0) is 31.4 Å². The number of benzene rings is 1. The first-order chi connectivity index (χ1) is 10.8. The quantitative estimate of drug-likeness (QED) is 0.919. The summed E-state index contributed by atoms with van der Waals surface area (Å²) in [6.07, 6.45) is -2.51. The van der Waals surface area contributed by atoms with Crippen LogP contribution in [0.5, 0.6) is 5.75 Å². The molecule has 3 rings (SSSR count). The molecule has 0 bridgehead atoms. The van der Waals surface area contributed by atoms with Gasteiger partial charge in [0.15, 0.2) is 5.13 Å². The van der Waals surface area contributed by atoms with Gasteiger partial charge in [-0.2, -0.15) is 0 Å². The number of hydrogen-bond acceptors (Lipinski definition) is 5. The van der Waals surface area contributed by atoms with Gasteiger partial charge in [-0.15, -0.1) is 13.2 Å². The number of fused-ring (bicyclic) bond motifs is 1. The number of alkyl halides is 3. The van der Waals surface area contributed by atoms with Crippen LogP contribution in [0.2, 0.25) is 0 Å². The number of aliphatic carboxylic acids is 1. The second kappa shape index (κ2) is 5.88. The van der Waals surface area contributed by atoms with Crippen molar-refractivity contribution in [3.05, 3.63) is 18.2 Å². The highest BCUT2D eigenvalue weighted by Gasteiger charge is 2.32. The second-order valence-electron chi connectivity index (χ2n) is 5.22. The fourth-order valence-corrected chi connectivity index (χ4v) is 3.70. The molecule has 9 heteroatoms. The van der Waals surface area contributed by atoms with E-state index in [0.717, 1.165) is 12.8 Å². The number of piperidine rings is 1. The highest BCUT2D eigenvalue weighted by Crippen LogP contribution is 2.35. The monoisotopic (exact) mass is 346 g/mol. The van der Waals surface area contributed by atoms with E-state index in [9.17, 15) is 23.1 Å². The molecule has 1 aromatic heterocycles. The average molecular weight is 346 g/mol. The van der Waals surface area contributed by atoms with Crippen molar-refractivity contribution in [1.82, 2.24) is 4.98 Å². The summed E-state index contributed by atoms with van der Waals surface area (Å²) < 4.78 is 41.2. The molecule has 1 aliphatic rings. The molecule has 2 aromatic rings. The van der Waals surface area contributed by atoms with Crippen LogP contribution in [0.4, 0.5) is 18.3 Å². The molecule has 1 fully saturated rings. The molecule has 0 amide bonds. The number of aromatic nitrogens is 1. The zero-order chi connectivity index (χ0) is 16.6. The van der Waals surface area contributed by atoms with Crippen molar-refractivity contribution >= 4 is 32.7 Å². The van der Waals surface area contributed by atoms with Crippen LogP contribution in [0.25, 0.3) is 10.2 Å². The molecule has 1 unspecified atom stereocenters. The smallest absolute Gasteiger partial charge is 0.480 e. The number of halogens is 3. The Bertz CT molecular complexity index is 732. The Morgan fingerprint density at radius 3 is 2.87 bits per heavy atom. The predicted octanol–water partition coefficient (Wildman–Crippen LogP) is 3.64. The van der Waals surface area contributed by atoms with Gasteiger partial charge in [0.1, 0.15) is 11.8 Å². The van der Waals surface area contributed by atoms with Crippen LogP contribution in [0, 0.1) is 0 Å². The molecule has 1 atom stereocenters. The predicted molar refractivity (Wildman–Crippen MR) is 78.9 cm³/mol. The molecule has 1 N–H and O–H groups in total. The second-order valence-corrected chi connectivity index (χ2v) is 6.23. The van der Waals surface area contributed by atoms with Crippen LogP contribution in [0.1, 0.15) is 19.3 Å². The van der Waals surface area contributed by atoms with E-state index < -0.39 is 18.4 Å². The van der Waals surface area contributed by atoms with Gasteiger partial charge in [0.05, 0.1) is 10.2 Å². The Morgan fingerprint density at radius 2 is 2.17 bits per heavy atom. The summed E-state index contributed by atoms with van der Waals surface area (Å²) >= 11 is 1.17. The van der Waals surface area contributed by atoms with E-state index in [1.165, 1.54) is 29.5 Å². The van der Waals surface area contributed by atoms with Gasteiger partial charge in [0.2, 0.25) is 0 Å². The molecule has 23 heavy (non-hydrogen) atoms. The van der Waals surface area contributed by atoms with Crippen LogP contribution < -0.4 is 9.64 Å². The number of nitrogens with zero attached hydrogens (tertiary/aromatic N) is 2. The van der Waals surface area contributed by atoms with Gasteiger partial charge in [0, 0.05) is 12.6 Å². The van der Waals surface area contributed by atoms with Crippen molar-refractivity contribution < 1.29 is 27.8 Å². The van der Waals surface area contributed by atoms with Gasteiger partial charge < -0.3 is 14.7 Å². The molecule has 5 nitrogen and oxygen atoms in total. The minimum Gasteiger partial charge on any atom is -0.480 e. The number of carboxylic acid groups (broad SMARTS) is 1. The number of carbonyl (C=O) groups is 1. The molecule has 1 aromatic carbocycles. The van der Waals surface area contributed by atoms with Crippen molar-refractivity contribution in [2.45, 2.75) is 31.7 Å². The first-order valence-corrected chi connectivity index (χ1v) is 7.81. The number of carboxylic acids is 1. The number of anilines is 1. The Labute approximate surface area is 133 Å². The van der Waals surface area contributed by atoms with Crippen molar-refractivity contribution in [2.24, 2.45) is 0 Å². The third-order valence-electron chi connectivity index (χ3n) is 3.62. The Balaban J connectivity index is 1.91. The zero-order valence-corrected chi connectivity index (χ0v) is 12.7. The molecule has 0 aliphatic carbocycles. The molecule has 1 aliphatic heterocycles. The van der Waals surface area contributed by atoms with E-state index in [0.29, 0.717) is 28.3 Å². The van der Waals surface area contributed by atoms with E-state index in [1.807, 2.05) is 0 Å². The third-order valence-corrected chi connectivity index (χ3v) is 4.67. The van der Waals surface area contributed by atoms with Crippen LogP contribution in [0.3, 0.4) is 0 Å². The largest absolute Gasteiger partial charge is 0.573 e. The fourth-order valence-electron chi connectivity index (χ4n) is 2.63.